The Kier molecular flexibility index (Phi) is 10.8. The predicted octanol–water partition coefficient (Wildman–Crippen LogP) is 3.09. The quantitative estimate of drug-likeness (QED) is 0.331. The Morgan fingerprint density at radius 2 is 2.04 bits per heavy atom. The summed E-state index contributed by atoms with van der Waals surface area (Å²) in [5.41, 5.74) is 2.26. The van der Waals surface area contributed by atoms with Crippen LogP contribution in [0.5, 0.6) is 5.75 Å². The molecule has 1 aromatic heterocycles. The number of halogens is 1. The second-order valence-electron chi connectivity index (χ2n) is 5.90. The Morgan fingerprint density at radius 3 is 2.70 bits per heavy atom. The molecule has 2 aromatic rings. The van der Waals surface area contributed by atoms with Crippen LogP contribution in [0.4, 0.5) is 0 Å². The third-order valence-electron chi connectivity index (χ3n) is 3.56. The lowest BCUT2D eigenvalue weighted by atomic mass is 10.2. The van der Waals surface area contributed by atoms with Crippen molar-refractivity contribution in [3.8, 4) is 5.75 Å². The molecule has 6 nitrogen and oxygen atoms in total. The van der Waals surface area contributed by atoms with E-state index in [1.54, 1.807) is 25.4 Å². The van der Waals surface area contributed by atoms with Gasteiger partial charge in [0.1, 0.15) is 5.75 Å². The zero-order chi connectivity index (χ0) is 18.8. The molecular weight excluding hydrogens is 475 g/mol. The second kappa shape index (κ2) is 12.6. The first-order valence-electron chi connectivity index (χ1n) is 8.53. The van der Waals surface area contributed by atoms with Crippen molar-refractivity contribution in [2.24, 2.45) is 4.99 Å². The summed E-state index contributed by atoms with van der Waals surface area (Å²) in [6, 6.07) is 9.78. The lowest BCUT2D eigenvalue weighted by Crippen LogP contribution is -2.36. The molecule has 0 fully saturated rings. The van der Waals surface area contributed by atoms with Crippen molar-refractivity contribution in [1.82, 2.24) is 15.5 Å². The second-order valence-corrected chi connectivity index (χ2v) is 6.68. The molecule has 27 heavy (non-hydrogen) atoms. The van der Waals surface area contributed by atoms with Crippen molar-refractivity contribution < 1.29 is 9.53 Å². The molecule has 148 valence electrons. The normalized spacial score (nSPS) is 10.7. The maximum Gasteiger partial charge on any atom is 0.259 e. The molecule has 0 unspecified atom stereocenters. The zero-order valence-corrected chi connectivity index (χ0v) is 19.0. The largest absolute Gasteiger partial charge is 0.484 e. The van der Waals surface area contributed by atoms with Gasteiger partial charge in [-0.15, -0.1) is 24.0 Å². The van der Waals surface area contributed by atoms with Crippen LogP contribution in [0.1, 0.15) is 18.1 Å². The lowest BCUT2D eigenvalue weighted by molar-refractivity contribution is -0.130. The van der Waals surface area contributed by atoms with Gasteiger partial charge in [-0.3, -0.25) is 4.79 Å². The standard InChI is InChI=1S/C19H26N4O2S.HI/c1-4-20-19(22-12-16-8-9-26-14-16)21-11-15-6-5-7-17(10-15)25-13-18(24)23(2)3;/h5-10,14H,4,11-13H2,1-3H3,(H2,20,21,22);1H. The van der Waals surface area contributed by atoms with Crippen LogP contribution in [-0.4, -0.2) is 44.0 Å². The Balaban J connectivity index is 0.00000364. The molecule has 8 heteroatoms. The molecule has 1 amide bonds. The van der Waals surface area contributed by atoms with Gasteiger partial charge in [-0.2, -0.15) is 11.3 Å². The molecular formula is C19H27IN4O2S. The molecule has 0 atom stereocenters. The number of hydrogen-bond acceptors (Lipinski definition) is 4. The molecule has 0 aliphatic rings. The van der Waals surface area contributed by atoms with Crippen molar-refractivity contribution >= 4 is 47.2 Å². The number of aliphatic imine (C=N–C) groups is 1. The summed E-state index contributed by atoms with van der Waals surface area (Å²) < 4.78 is 5.56. The van der Waals surface area contributed by atoms with Crippen LogP contribution in [0, 0.1) is 0 Å². The molecule has 0 saturated heterocycles. The van der Waals surface area contributed by atoms with Crippen LogP contribution < -0.4 is 15.4 Å². The minimum atomic E-state index is -0.0662. The molecule has 0 bridgehead atoms. The van der Waals surface area contributed by atoms with Gasteiger partial charge in [0.2, 0.25) is 0 Å². The first kappa shape index (κ1) is 23.2. The Hall–Kier alpha value is -1.81. The molecule has 1 aromatic carbocycles. The summed E-state index contributed by atoms with van der Waals surface area (Å²) in [6.07, 6.45) is 0. The van der Waals surface area contributed by atoms with Crippen LogP contribution >= 0.6 is 35.3 Å². The van der Waals surface area contributed by atoms with Crippen molar-refractivity contribution in [2.45, 2.75) is 20.0 Å². The number of rotatable bonds is 8. The number of hydrogen-bond donors (Lipinski definition) is 2. The topological polar surface area (TPSA) is 66.0 Å². The fourth-order valence-electron chi connectivity index (χ4n) is 2.10. The number of carbonyl (C=O) groups excluding carboxylic acids is 1. The van der Waals surface area contributed by atoms with Crippen molar-refractivity contribution in [3.05, 3.63) is 52.2 Å². The molecule has 0 spiro atoms. The highest BCUT2D eigenvalue weighted by Gasteiger charge is 2.05. The average Bonchev–Trinajstić information content (AvgIpc) is 3.16. The van der Waals surface area contributed by atoms with E-state index in [4.69, 9.17) is 4.74 Å². The van der Waals surface area contributed by atoms with E-state index >= 15 is 0 Å². The van der Waals surface area contributed by atoms with Gasteiger partial charge in [0, 0.05) is 27.2 Å². The number of nitrogens with zero attached hydrogens (tertiary/aromatic N) is 2. The fraction of sp³-hybridized carbons (Fsp3) is 0.368. The van der Waals surface area contributed by atoms with Crippen LogP contribution in [0.25, 0.3) is 0 Å². The number of guanidine groups is 1. The van der Waals surface area contributed by atoms with E-state index in [9.17, 15) is 4.79 Å². The monoisotopic (exact) mass is 502 g/mol. The highest BCUT2D eigenvalue weighted by molar-refractivity contribution is 14.0. The van der Waals surface area contributed by atoms with E-state index in [-0.39, 0.29) is 36.5 Å². The van der Waals surface area contributed by atoms with E-state index in [1.165, 1.54) is 10.5 Å². The van der Waals surface area contributed by atoms with Crippen LogP contribution in [0.2, 0.25) is 0 Å². The number of amides is 1. The van der Waals surface area contributed by atoms with E-state index in [1.807, 2.05) is 31.2 Å². The van der Waals surface area contributed by atoms with Crippen LogP contribution in [0.3, 0.4) is 0 Å². The van der Waals surface area contributed by atoms with E-state index in [0.717, 1.165) is 18.1 Å². The minimum Gasteiger partial charge on any atom is -0.484 e. The Labute approximate surface area is 182 Å². The van der Waals surface area contributed by atoms with Gasteiger partial charge >= 0.3 is 0 Å². The summed E-state index contributed by atoms with van der Waals surface area (Å²) in [4.78, 5) is 17.7. The molecule has 1 heterocycles. The molecule has 2 rings (SSSR count). The third kappa shape index (κ3) is 8.61. The molecule has 2 N–H and O–H groups in total. The molecule has 0 radical (unpaired) electrons. The summed E-state index contributed by atoms with van der Waals surface area (Å²) in [6.45, 7) is 4.14. The lowest BCUT2D eigenvalue weighted by Gasteiger charge is -2.13. The number of nitrogens with one attached hydrogen (secondary N) is 2. The summed E-state index contributed by atoms with van der Waals surface area (Å²) in [5.74, 6) is 1.39. The van der Waals surface area contributed by atoms with Gasteiger partial charge in [0.05, 0.1) is 6.54 Å². The Bertz CT molecular complexity index is 720. The smallest absolute Gasteiger partial charge is 0.259 e. The number of carbonyl (C=O) groups is 1. The summed E-state index contributed by atoms with van der Waals surface area (Å²) in [7, 11) is 3.42. The number of benzene rings is 1. The summed E-state index contributed by atoms with van der Waals surface area (Å²) >= 11 is 1.67. The van der Waals surface area contributed by atoms with Gasteiger partial charge in [-0.05, 0) is 47.0 Å². The third-order valence-corrected chi connectivity index (χ3v) is 4.30. The first-order valence-corrected chi connectivity index (χ1v) is 9.48. The minimum absolute atomic E-state index is 0. The highest BCUT2D eigenvalue weighted by atomic mass is 127. The van der Waals surface area contributed by atoms with Crippen molar-refractivity contribution in [3.63, 3.8) is 0 Å². The maximum atomic E-state index is 11.6. The number of thiophene rings is 1. The molecule has 0 aliphatic carbocycles. The Morgan fingerprint density at radius 1 is 1.22 bits per heavy atom. The van der Waals surface area contributed by atoms with Crippen molar-refractivity contribution in [2.75, 3.05) is 27.2 Å². The zero-order valence-electron chi connectivity index (χ0n) is 15.9. The van der Waals surface area contributed by atoms with Gasteiger partial charge < -0.3 is 20.3 Å². The SMILES string of the molecule is CCNC(=NCc1ccsc1)NCc1cccc(OCC(=O)N(C)C)c1.I. The van der Waals surface area contributed by atoms with Gasteiger partial charge in [0.25, 0.3) is 5.91 Å². The average molecular weight is 502 g/mol. The first-order chi connectivity index (χ1) is 12.6. The number of likely N-dealkylation sites (N-methyl/N-ethyl adjacent to an activating group) is 1. The maximum absolute atomic E-state index is 11.6. The molecule has 0 aliphatic heterocycles. The van der Waals surface area contributed by atoms with E-state index in [2.05, 4.69) is 32.5 Å². The van der Waals surface area contributed by atoms with E-state index < -0.39 is 0 Å². The fourth-order valence-corrected chi connectivity index (χ4v) is 2.76. The van der Waals surface area contributed by atoms with Gasteiger partial charge in [-0.1, -0.05) is 12.1 Å². The van der Waals surface area contributed by atoms with E-state index in [0.29, 0.717) is 18.8 Å². The van der Waals surface area contributed by atoms with Gasteiger partial charge in [0.15, 0.2) is 12.6 Å². The number of ether oxygens (including phenoxy) is 1. The van der Waals surface area contributed by atoms with Crippen molar-refractivity contribution in [1.29, 1.82) is 0 Å². The van der Waals surface area contributed by atoms with Crippen LogP contribution in [-0.2, 0) is 17.9 Å². The predicted molar refractivity (Wildman–Crippen MR) is 122 cm³/mol. The molecule has 0 saturated carbocycles. The summed E-state index contributed by atoms with van der Waals surface area (Å²) in [5, 5.41) is 10.7. The van der Waals surface area contributed by atoms with Crippen LogP contribution in [0.15, 0.2) is 46.1 Å². The highest BCUT2D eigenvalue weighted by Crippen LogP contribution is 2.13. The van der Waals surface area contributed by atoms with Gasteiger partial charge in [-0.25, -0.2) is 4.99 Å².